The first-order valence-electron chi connectivity index (χ1n) is 10.0. The van der Waals surface area contributed by atoms with Gasteiger partial charge in [-0.1, -0.05) is 74.1 Å². The fourth-order valence-corrected chi connectivity index (χ4v) is 3.00. The third kappa shape index (κ3) is 12.1. The first kappa shape index (κ1) is 26.8. The lowest BCUT2D eigenvalue weighted by Crippen LogP contribution is -2.22. The van der Waals surface area contributed by atoms with Crippen LogP contribution in [0.2, 0.25) is 0 Å². The second kappa shape index (κ2) is 16.7. The van der Waals surface area contributed by atoms with Gasteiger partial charge in [0.25, 0.3) is 0 Å². The zero-order valence-corrected chi connectivity index (χ0v) is 19.5. The highest BCUT2D eigenvalue weighted by Gasteiger charge is 2.19. The highest BCUT2D eigenvalue weighted by molar-refractivity contribution is 7.20. The highest BCUT2D eigenvalue weighted by Crippen LogP contribution is 2.23. The van der Waals surface area contributed by atoms with Gasteiger partial charge in [0, 0.05) is 37.6 Å². The van der Waals surface area contributed by atoms with E-state index >= 15 is 0 Å². The fourth-order valence-electron chi connectivity index (χ4n) is 2.76. The Labute approximate surface area is 181 Å². The molecule has 0 aromatic heterocycles. The van der Waals surface area contributed by atoms with Crippen molar-refractivity contribution in [2.24, 2.45) is 22.7 Å². The van der Waals surface area contributed by atoms with Crippen molar-refractivity contribution in [3.05, 3.63) is 73.4 Å². The van der Waals surface area contributed by atoms with E-state index in [0.717, 1.165) is 36.0 Å². The van der Waals surface area contributed by atoms with Crippen LogP contribution in [0.15, 0.2) is 78.4 Å². The Balaban J connectivity index is 4.78. The highest BCUT2D eigenvalue weighted by atomic mass is 31.0. The lowest BCUT2D eigenvalue weighted by molar-refractivity contribution is 0.478. The maximum atomic E-state index is 4.19. The number of hydrogen-bond donors (Lipinski definition) is 1. The van der Waals surface area contributed by atoms with Crippen molar-refractivity contribution in [3.63, 3.8) is 0 Å². The van der Waals surface area contributed by atoms with Crippen molar-refractivity contribution in [1.29, 1.82) is 0 Å². The Morgan fingerprint density at radius 3 is 2.59 bits per heavy atom. The van der Waals surface area contributed by atoms with Gasteiger partial charge >= 0.3 is 0 Å². The Morgan fingerprint density at radius 2 is 2.03 bits per heavy atom. The average molecular weight is 409 g/mol. The minimum absolute atomic E-state index is 0.0923. The van der Waals surface area contributed by atoms with Gasteiger partial charge in [0.05, 0.1) is 5.92 Å². The van der Waals surface area contributed by atoms with E-state index in [-0.39, 0.29) is 11.8 Å². The van der Waals surface area contributed by atoms with Gasteiger partial charge in [-0.15, -0.1) is 21.4 Å². The summed E-state index contributed by atoms with van der Waals surface area (Å²) in [4.78, 5) is 4.19. The summed E-state index contributed by atoms with van der Waals surface area (Å²) in [5.74, 6) is 6.93. The summed E-state index contributed by atoms with van der Waals surface area (Å²) < 4.78 is 0. The summed E-state index contributed by atoms with van der Waals surface area (Å²) in [5, 5.41) is 3.42. The molecule has 0 radical (unpaired) electrons. The summed E-state index contributed by atoms with van der Waals surface area (Å²) >= 11 is 0. The number of aliphatic imine (C=N–C) groups is 1. The number of nitrogens with one attached hydrogen (secondary N) is 1. The normalized spacial score (nSPS) is 15.1. The van der Waals surface area contributed by atoms with E-state index in [1.54, 1.807) is 13.1 Å². The van der Waals surface area contributed by atoms with Crippen LogP contribution in [0.4, 0.5) is 0 Å². The van der Waals surface area contributed by atoms with Crippen LogP contribution in [-0.2, 0) is 0 Å². The third-order valence-corrected chi connectivity index (χ3v) is 4.83. The molecule has 3 unspecified atom stereocenters. The van der Waals surface area contributed by atoms with Crippen LogP contribution in [0.25, 0.3) is 0 Å². The molecule has 1 N–H and O–H groups in total. The lowest BCUT2D eigenvalue weighted by atomic mass is 9.82. The summed E-state index contributed by atoms with van der Waals surface area (Å²) in [6, 6.07) is 0. The Bertz CT molecular complexity index is 726. The average Bonchev–Trinajstić information content (AvgIpc) is 2.69. The molecule has 0 saturated heterocycles. The molecule has 0 saturated carbocycles. The molecule has 0 bridgehead atoms. The zero-order valence-electron chi connectivity index (χ0n) is 18.5. The van der Waals surface area contributed by atoms with Crippen molar-refractivity contribution in [2.45, 2.75) is 33.6 Å². The smallest absolute Gasteiger partial charge is 0.0619 e. The van der Waals surface area contributed by atoms with Crippen LogP contribution in [0, 0.1) is 29.6 Å². The molecule has 3 heteroatoms. The Morgan fingerprint density at radius 1 is 1.31 bits per heavy atom. The van der Waals surface area contributed by atoms with Crippen LogP contribution >= 0.6 is 8.86 Å². The Kier molecular flexibility index (Phi) is 15.5. The molecule has 0 aromatic rings. The topological polar surface area (TPSA) is 24.4 Å². The molecule has 2 nitrogen and oxygen atoms in total. The monoisotopic (exact) mass is 408 g/mol. The maximum absolute atomic E-state index is 4.19. The van der Waals surface area contributed by atoms with Crippen molar-refractivity contribution >= 4 is 20.5 Å². The van der Waals surface area contributed by atoms with Crippen molar-refractivity contribution in [3.8, 4) is 11.8 Å². The molecule has 0 aliphatic carbocycles. The molecule has 156 valence electrons. The molecule has 0 fully saturated rings. The van der Waals surface area contributed by atoms with Crippen LogP contribution < -0.4 is 5.32 Å². The van der Waals surface area contributed by atoms with Crippen LogP contribution in [0.5, 0.6) is 0 Å². The minimum atomic E-state index is 0.0923. The summed E-state index contributed by atoms with van der Waals surface area (Å²) in [6.07, 6.45) is 17.9. The SMILES string of the molecule is C=C/C=C\C(=C/CCNC(=P)C/C=C\C(C(C)C=C)C(C#CC)/C=N\C)C(=C)C. The second-order valence-corrected chi connectivity index (χ2v) is 7.46. The Hall–Kier alpha value is -2.20. The van der Waals surface area contributed by atoms with Gasteiger partial charge in [0.15, 0.2) is 0 Å². The van der Waals surface area contributed by atoms with Gasteiger partial charge in [-0.05, 0) is 31.8 Å². The predicted molar refractivity (Wildman–Crippen MR) is 136 cm³/mol. The van der Waals surface area contributed by atoms with E-state index in [0.29, 0.717) is 5.92 Å². The molecular formula is C26H37N2P. The van der Waals surface area contributed by atoms with Gasteiger partial charge in [0.1, 0.15) is 0 Å². The summed E-state index contributed by atoms with van der Waals surface area (Å²) in [5.41, 5.74) is 3.25. The second-order valence-electron chi connectivity index (χ2n) is 6.86. The molecule has 0 spiro atoms. The van der Waals surface area contributed by atoms with Gasteiger partial charge in [-0.25, -0.2) is 0 Å². The van der Waals surface area contributed by atoms with E-state index in [1.165, 1.54) is 0 Å². The minimum Gasteiger partial charge on any atom is -0.300 e. The molecule has 0 aliphatic rings. The zero-order chi connectivity index (χ0) is 22.1. The molecule has 0 aliphatic heterocycles. The molecular weight excluding hydrogens is 371 g/mol. The van der Waals surface area contributed by atoms with Crippen molar-refractivity contribution in [1.82, 2.24) is 5.32 Å². The third-order valence-electron chi connectivity index (χ3n) is 4.45. The first-order valence-corrected chi connectivity index (χ1v) is 10.5. The standard InChI is InChI=1S/C26H37N2P/c1-8-11-15-23(21(4)5)16-13-19-28-26(29)18-12-17-25(22(6)10-3)24(14-9-2)20-27-7/h8,10-12,15-17,20,22,24-25,28-29H,1,3-4,13,18-19H2,2,5-7H3/b15-11-,17-12-,23-16+,27-20-. The van der Waals surface area contributed by atoms with Crippen LogP contribution in [0.3, 0.4) is 0 Å². The number of hydrogen-bond acceptors (Lipinski definition) is 1. The molecule has 29 heavy (non-hydrogen) atoms. The maximum Gasteiger partial charge on any atom is 0.0619 e. The molecule has 0 rings (SSSR count). The van der Waals surface area contributed by atoms with Crippen molar-refractivity contribution in [2.75, 3.05) is 13.6 Å². The van der Waals surface area contributed by atoms with E-state index < -0.39 is 0 Å². The van der Waals surface area contributed by atoms with E-state index in [1.807, 2.05) is 38.3 Å². The summed E-state index contributed by atoms with van der Waals surface area (Å²) in [6.45, 7) is 18.6. The van der Waals surface area contributed by atoms with Crippen LogP contribution in [0.1, 0.15) is 33.6 Å². The quantitative estimate of drug-likeness (QED) is 0.0907. The molecule has 3 atom stereocenters. The summed E-state index contributed by atoms with van der Waals surface area (Å²) in [7, 11) is 5.48. The van der Waals surface area contributed by atoms with Gasteiger partial charge in [-0.3, -0.25) is 10.3 Å². The van der Waals surface area contributed by atoms with Gasteiger partial charge in [-0.2, -0.15) is 0 Å². The van der Waals surface area contributed by atoms with Gasteiger partial charge < -0.3 is 0 Å². The number of nitrogens with zero attached hydrogens (tertiary/aromatic N) is 1. The fraction of sp³-hybridized carbons (Fsp3) is 0.385. The van der Waals surface area contributed by atoms with E-state index in [4.69, 9.17) is 0 Å². The van der Waals surface area contributed by atoms with Gasteiger partial charge in [0.2, 0.25) is 0 Å². The number of rotatable bonds is 14. The van der Waals surface area contributed by atoms with Crippen LogP contribution in [-0.4, -0.2) is 25.2 Å². The lowest BCUT2D eigenvalue weighted by Gasteiger charge is -2.21. The largest absolute Gasteiger partial charge is 0.300 e. The van der Waals surface area contributed by atoms with Crippen molar-refractivity contribution < 1.29 is 0 Å². The van der Waals surface area contributed by atoms with E-state index in [2.05, 4.69) is 75.9 Å². The first-order chi connectivity index (χ1) is 13.9. The number of allylic oxidation sites excluding steroid dienone is 7. The molecule has 0 heterocycles. The molecule has 0 aromatic carbocycles. The van der Waals surface area contributed by atoms with E-state index in [9.17, 15) is 0 Å². The predicted octanol–water partition coefficient (Wildman–Crippen LogP) is 6.21. The molecule has 0 amide bonds.